The number of benzene rings is 1. The zero-order chi connectivity index (χ0) is 26.1. The van der Waals surface area contributed by atoms with Crippen LogP contribution < -0.4 is 5.32 Å². The predicted octanol–water partition coefficient (Wildman–Crippen LogP) is 3.12. The van der Waals surface area contributed by atoms with E-state index in [4.69, 9.17) is 4.74 Å². The first-order valence-corrected chi connectivity index (χ1v) is 13.9. The molecule has 0 radical (unpaired) electrons. The summed E-state index contributed by atoms with van der Waals surface area (Å²) in [5.74, 6) is -0.692. The highest BCUT2D eigenvalue weighted by Gasteiger charge is 2.53. The number of ketones is 1. The Kier molecular flexibility index (Phi) is 7.44. The van der Waals surface area contributed by atoms with E-state index in [-0.39, 0.29) is 42.0 Å². The van der Waals surface area contributed by atoms with Gasteiger partial charge in [0.1, 0.15) is 18.2 Å². The summed E-state index contributed by atoms with van der Waals surface area (Å²) in [4.78, 5) is 57.1. The summed E-state index contributed by atoms with van der Waals surface area (Å²) in [5.41, 5.74) is 1.51. The molecule has 2 aromatic rings. The SMILES string of the molecule is CC(C)CC(NC(=O)c1ccc(-c2cccs2)cc1)C(=O)N1CCC2C1C(=O)CN2C(=O)C1CCCO1. The molecule has 3 saturated heterocycles. The zero-order valence-electron chi connectivity index (χ0n) is 21.2. The third-order valence-corrected chi connectivity index (χ3v) is 8.38. The molecule has 0 spiro atoms. The standard InChI is InChI=1S/C28H33N3O5S/c1-17(2)15-20(29-26(33)19-9-7-18(8-10-19)24-6-4-14-37-24)27(34)30-12-11-21-25(30)22(32)16-31(21)28(35)23-5-3-13-36-23/h4,6-10,14,17,20-21,23,25H,3,5,11-13,15-16H2,1-2H3,(H,29,33). The number of hydrogen-bond acceptors (Lipinski definition) is 6. The Morgan fingerprint density at radius 2 is 1.89 bits per heavy atom. The quantitative estimate of drug-likeness (QED) is 0.602. The van der Waals surface area contributed by atoms with Gasteiger partial charge in [0.2, 0.25) is 5.91 Å². The molecule has 4 unspecified atom stereocenters. The van der Waals surface area contributed by atoms with E-state index in [0.717, 1.165) is 16.9 Å². The zero-order valence-corrected chi connectivity index (χ0v) is 22.0. The fourth-order valence-electron chi connectivity index (χ4n) is 5.68. The first kappa shape index (κ1) is 25.6. The first-order chi connectivity index (χ1) is 17.8. The van der Waals surface area contributed by atoms with E-state index < -0.39 is 18.2 Å². The molecule has 0 aliphatic carbocycles. The molecule has 3 fully saturated rings. The third kappa shape index (κ3) is 5.20. The number of nitrogens with zero attached hydrogens (tertiary/aromatic N) is 2. The van der Waals surface area contributed by atoms with Crippen molar-refractivity contribution in [1.82, 2.24) is 15.1 Å². The number of fused-ring (bicyclic) bond motifs is 1. The molecule has 8 nitrogen and oxygen atoms in total. The van der Waals surface area contributed by atoms with Crippen LogP contribution in [0.2, 0.25) is 0 Å². The molecule has 1 aromatic heterocycles. The largest absolute Gasteiger partial charge is 0.368 e. The van der Waals surface area contributed by atoms with Gasteiger partial charge in [0.25, 0.3) is 11.8 Å². The fourth-order valence-corrected chi connectivity index (χ4v) is 6.41. The highest BCUT2D eigenvalue weighted by atomic mass is 32.1. The summed E-state index contributed by atoms with van der Waals surface area (Å²) in [6.45, 7) is 4.95. The number of rotatable bonds is 7. The molecule has 3 aliphatic heterocycles. The Morgan fingerprint density at radius 3 is 2.54 bits per heavy atom. The average molecular weight is 524 g/mol. The monoisotopic (exact) mass is 523 g/mol. The van der Waals surface area contributed by atoms with Crippen molar-refractivity contribution in [3.05, 3.63) is 47.3 Å². The van der Waals surface area contributed by atoms with E-state index in [0.29, 0.717) is 38.0 Å². The van der Waals surface area contributed by atoms with Gasteiger partial charge in [-0.2, -0.15) is 0 Å². The topological polar surface area (TPSA) is 96.0 Å². The number of ether oxygens (including phenoxy) is 1. The van der Waals surface area contributed by atoms with E-state index in [1.807, 2.05) is 43.5 Å². The Balaban J connectivity index is 1.28. The van der Waals surface area contributed by atoms with Gasteiger partial charge in [-0.1, -0.05) is 32.0 Å². The van der Waals surface area contributed by atoms with Gasteiger partial charge in [-0.3, -0.25) is 19.2 Å². The second-order valence-corrected chi connectivity index (χ2v) is 11.4. The van der Waals surface area contributed by atoms with E-state index in [1.165, 1.54) is 0 Å². The second-order valence-electron chi connectivity index (χ2n) is 10.5. The minimum Gasteiger partial charge on any atom is -0.368 e. The summed E-state index contributed by atoms with van der Waals surface area (Å²) < 4.78 is 5.55. The van der Waals surface area contributed by atoms with Crippen LogP contribution in [0.15, 0.2) is 41.8 Å². The van der Waals surface area contributed by atoms with Gasteiger partial charge in [-0.25, -0.2) is 0 Å². The van der Waals surface area contributed by atoms with Crippen LogP contribution in [0.25, 0.3) is 10.4 Å². The lowest BCUT2D eigenvalue weighted by Gasteiger charge is -2.29. The average Bonchev–Trinajstić information content (AvgIpc) is 3.69. The van der Waals surface area contributed by atoms with E-state index in [9.17, 15) is 19.2 Å². The normalized spacial score (nSPS) is 24.0. The maximum Gasteiger partial charge on any atom is 0.252 e. The third-order valence-electron chi connectivity index (χ3n) is 7.46. The summed E-state index contributed by atoms with van der Waals surface area (Å²) in [7, 11) is 0. The van der Waals surface area contributed by atoms with Crippen molar-refractivity contribution in [3.63, 3.8) is 0 Å². The molecular weight excluding hydrogens is 490 g/mol. The minimum atomic E-state index is -0.751. The van der Waals surface area contributed by atoms with Crippen molar-refractivity contribution >= 4 is 34.8 Å². The van der Waals surface area contributed by atoms with Gasteiger partial charge >= 0.3 is 0 Å². The van der Waals surface area contributed by atoms with Gasteiger partial charge in [-0.05, 0) is 60.7 Å². The summed E-state index contributed by atoms with van der Waals surface area (Å²) in [5, 5.41) is 4.94. The molecular formula is C28H33N3O5S. The number of Topliss-reactive ketones (excluding diaryl/α,β-unsaturated/α-hetero) is 1. The molecule has 9 heteroatoms. The highest BCUT2D eigenvalue weighted by molar-refractivity contribution is 7.13. The molecule has 1 N–H and O–H groups in total. The van der Waals surface area contributed by atoms with Crippen LogP contribution in [0.5, 0.6) is 0 Å². The molecule has 1 aromatic carbocycles. The number of thiophene rings is 1. The van der Waals surface area contributed by atoms with Crippen molar-refractivity contribution in [2.24, 2.45) is 5.92 Å². The molecule has 0 bridgehead atoms. The maximum absolute atomic E-state index is 13.7. The first-order valence-electron chi connectivity index (χ1n) is 13.0. The lowest BCUT2D eigenvalue weighted by Crippen LogP contribution is -2.53. The smallest absolute Gasteiger partial charge is 0.252 e. The molecule has 196 valence electrons. The van der Waals surface area contributed by atoms with Crippen LogP contribution in [-0.4, -0.2) is 77.2 Å². The molecule has 3 amide bonds. The molecule has 4 atom stereocenters. The fraction of sp³-hybridized carbons (Fsp3) is 0.500. The van der Waals surface area contributed by atoms with E-state index in [2.05, 4.69) is 5.32 Å². The van der Waals surface area contributed by atoms with E-state index >= 15 is 0 Å². The van der Waals surface area contributed by atoms with Crippen LogP contribution in [0.1, 0.15) is 49.9 Å². The minimum absolute atomic E-state index is 0.00953. The predicted molar refractivity (Wildman–Crippen MR) is 140 cm³/mol. The summed E-state index contributed by atoms with van der Waals surface area (Å²) in [6.07, 6.45) is 2.02. The van der Waals surface area contributed by atoms with Gasteiger partial charge in [0.15, 0.2) is 5.78 Å². The number of nitrogens with one attached hydrogen (secondary N) is 1. The molecule has 0 saturated carbocycles. The number of amides is 3. The Labute approximate surface area is 221 Å². The van der Waals surface area contributed by atoms with Crippen molar-refractivity contribution < 1.29 is 23.9 Å². The number of hydrogen-bond donors (Lipinski definition) is 1. The maximum atomic E-state index is 13.7. The van der Waals surface area contributed by atoms with Crippen LogP contribution in [0.4, 0.5) is 0 Å². The molecule has 5 rings (SSSR count). The summed E-state index contributed by atoms with van der Waals surface area (Å²) >= 11 is 1.63. The van der Waals surface area contributed by atoms with Crippen LogP contribution in [0.3, 0.4) is 0 Å². The van der Waals surface area contributed by atoms with Gasteiger partial charge in [0, 0.05) is 23.6 Å². The van der Waals surface area contributed by atoms with Crippen LogP contribution in [0, 0.1) is 5.92 Å². The van der Waals surface area contributed by atoms with Crippen molar-refractivity contribution in [3.8, 4) is 10.4 Å². The lowest BCUT2D eigenvalue weighted by molar-refractivity contribution is -0.142. The van der Waals surface area contributed by atoms with Crippen molar-refractivity contribution in [2.75, 3.05) is 19.7 Å². The molecule has 37 heavy (non-hydrogen) atoms. The van der Waals surface area contributed by atoms with Gasteiger partial charge in [0.05, 0.1) is 12.6 Å². The van der Waals surface area contributed by atoms with Crippen LogP contribution >= 0.6 is 11.3 Å². The Bertz CT molecular complexity index is 1160. The summed E-state index contributed by atoms with van der Waals surface area (Å²) in [6, 6.07) is 9.62. The molecule has 3 aliphatic rings. The van der Waals surface area contributed by atoms with Gasteiger partial charge in [-0.15, -0.1) is 11.3 Å². The van der Waals surface area contributed by atoms with E-state index in [1.54, 1.807) is 33.3 Å². The van der Waals surface area contributed by atoms with Crippen molar-refractivity contribution in [2.45, 2.75) is 63.8 Å². The van der Waals surface area contributed by atoms with Crippen LogP contribution in [-0.2, 0) is 19.1 Å². The highest BCUT2D eigenvalue weighted by Crippen LogP contribution is 2.32. The second kappa shape index (κ2) is 10.8. The van der Waals surface area contributed by atoms with Gasteiger partial charge < -0.3 is 19.9 Å². The van der Waals surface area contributed by atoms with Crippen molar-refractivity contribution in [1.29, 1.82) is 0 Å². The Hall–Kier alpha value is -3.04. The number of carbonyl (C=O) groups is 4. The Morgan fingerprint density at radius 1 is 1.11 bits per heavy atom. The lowest BCUT2D eigenvalue weighted by atomic mass is 10.0. The number of carbonyl (C=O) groups excluding carboxylic acids is 4. The molecule has 4 heterocycles. The number of likely N-dealkylation sites (tertiary alicyclic amines) is 2.